The molecule has 1 N–H and O–H groups in total. The first-order valence-electron chi connectivity index (χ1n) is 7.87. The molecular weight excluding hydrogens is 284 g/mol. The van der Waals surface area contributed by atoms with Crippen LogP contribution in [0.3, 0.4) is 0 Å². The highest BCUT2D eigenvalue weighted by Crippen LogP contribution is 2.26. The lowest BCUT2D eigenvalue weighted by atomic mass is 9.94. The van der Waals surface area contributed by atoms with Crippen LogP contribution in [0.25, 0.3) is 0 Å². The first-order valence-corrected chi connectivity index (χ1v) is 7.87. The van der Waals surface area contributed by atoms with Gasteiger partial charge in [0.05, 0.1) is 0 Å². The Morgan fingerprint density at radius 1 is 1.18 bits per heavy atom. The molecule has 1 unspecified atom stereocenters. The number of carbonyl (C=O) groups is 4. The number of hydrogen-bond acceptors (Lipinski definition) is 4. The number of hydrogen-bond donors (Lipinski definition) is 1. The lowest BCUT2D eigenvalue weighted by Crippen LogP contribution is -2.36. The molecule has 1 fully saturated rings. The molecule has 0 radical (unpaired) electrons. The zero-order valence-electron chi connectivity index (χ0n) is 13.8. The van der Waals surface area contributed by atoms with Gasteiger partial charge in [0, 0.05) is 44.2 Å². The minimum Gasteiger partial charge on any atom is -0.356 e. The SMILES string of the molecule is CC(C)C(=O)CCNC(=O)CCN1C(=O)CC(C(C)C)C1=O. The predicted molar refractivity (Wildman–Crippen MR) is 81.8 cm³/mol. The van der Waals surface area contributed by atoms with Crippen LogP contribution >= 0.6 is 0 Å². The van der Waals surface area contributed by atoms with E-state index in [1.807, 2.05) is 27.7 Å². The number of nitrogens with one attached hydrogen (secondary N) is 1. The van der Waals surface area contributed by atoms with Gasteiger partial charge in [-0.3, -0.25) is 24.1 Å². The maximum Gasteiger partial charge on any atom is 0.233 e. The fraction of sp³-hybridized carbons (Fsp3) is 0.750. The number of ketones is 1. The van der Waals surface area contributed by atoms with E-state index < -0.39 is 0 Å². The summed E-state index contributed by atoms with van der Waals surface area (Å²) in [6.07, 6.45) is 0.625. The second kappa shape index (κ2) is 8.06. The van der Waals surface area contributed by atoms with Crippen LogP contribution in [-0.4, -0.2) is 41.5 Å². The van der Waals surface area contributed by atoms with Crippen molar-refractivity contribution in [1.29, 1.82) is 0 Å². The standard InChI is InChI=1S/C16H26N2O4/c1-10(2)12-9-15(21)18(16(12)22)8-6-14(20)17-7-5-13(19)11(3)4/h10-12H,5-9H2,1-4H3,(H,17,20). The summed E-state index contributed by atoms with van der Waals surface area (Å²) in [5.41, 5.74) is 0. The van der Waals surface area contributed by atoms with Crippen molar-refractivity contribution in [3.8, 4) is 0 Å². The summed E-state index contributed by atoms with van der Waals surface area (Å²) in [6, 6.07) is 0. The topological polar surface area (TPSA) is 83.6 Å². The predicted octanol–water partition coefficient (Wildman–Crippen LogP) is 1.14. The van der Waals surface area contributed by atoms with Crippen LogP contribution < -0.4 is 5.32 Å². The minimum atomic E-state index is -0.265. The van der Waals surface area contributed by atoms with Crippen molar-refractivity contribution in [1.82, 2.24) is 10.2 Å². The van der Waals surface area contributed by atoms with E-state index in [0.717, 1.165) is 0 Å². The number of rotatable bonds is 8. The van der Waals surface area contributed by atoms with E-state index >= 15 is 0 Å². The monoisotopic (exact) mass is 310 g/mol. The molecule has 0 saturated carbocycles. The zero-order valence-corrected chi connectivity index (χ0v) is 13.8. The van der Waals surface area contributed by atoms with Gasteiger partial charge in [-0.05, 0) is 5.92 Å². The Kier molecular flexibility index (Phi) is 6.71. The maximum absolute atomic E-state index is 12.1. The molecule has 3 amide bonds. The number of nitrogens with zero attached hydrogens (tertiary/aromatic N) is 1. The van der Waals surface area contributed by atoms with Gasteiger partial charge in [0.2, 0.25) is 17.7 Å². The molecule has 1 aliphatic heterocycles. The molecular formula is C16H26N2O4. The summed E-state index contributed by atoms with van der Waals surface area (Å²) in [5.74, 6) is -0.703. The van der Waals surface area contributed by atoms with E-state index in [4.69, 9.17) is 0 Å². The first kappa shape index (κ1) is 18.3. The molecule has 1 saturated heterocycles. The third kappa shape index (κ3) is 4.93. The quantitative estimate of drug-likeness (QED) is 0.681. The zero-order chi connectivity index (χ0) is 16.9. The van der Waals surface area contributed by atoms with E-state index in [9.17, 15) is 19.2 Å². The van der Waals surface area contributed by atoms with Gasteiger partial charge in [-0.2, -0.15) is 0 Å². The van der Waals surface area contributed by atoms with E-state index in [2.05, 4.69) is 5.32 Å². The Labute approximate surface area is 131 Å². The Hall–Kier alpha value is -1.72. The second-order valence-corrected chi connectivity index (χ2v) is 6.41. The lowest BCUT2D eigenvalue weighted by molar-refractivity contribution is -0.140. The van der Waals surface area contributed by atoms with Crippen molar-refractivity contribution >= 4 is 23.5 Å². The van der Waals surface area contributed by atoms with Crippen LogP contribution in [0, 0.1) is 17.8 Å². The van der Waals surface area contributed by atoms with Crippen LogP contribution in [0.4, 0.5) is 0 Å². The van der Waals surface area contributed by atoms with E-state index in [1.165, 1.54) is 4.90 Å². The van der Waals surface area contributed by atoms with Crippen LogP contribution in [0.15, 0.2) is 0 Å². The third-order valence-corrected chi connectivity index (χ3v) is 3.98. The minimum absolute atomic E-state index is 0.0373. The number of carbonyl (C=O) groups excluding carboxylic acids is 4. The molecule has 1 heterocycles. The molecule has 1 aliphatic rings. The molecule has 0 aromatic heterocycles. The van der Waals surface area contributed by atoms with Crippen LogP contribution in [0.2, 0.25) is 0 Å². The highest BCUT2D eigenvalue weighted by atomic mass is 16.2. The summed E-state index contributed by atoms with van der Waals surface area (Å²) < 4.78 is 0. The fourth-order valence-electron chi connectivity index (χ4n) is 2.38. The number of amides is 3. The second-order valence-electron chi connectivity index (χ2n) is 6.41. The highest BCUT2D eigenvalue weighted by Gasteiger charge is 2.39. The van der Waals surface area contributed by atoms with E-state index in [-0.39, 0.29) is 60.6 Å². The van der Waals surface area contributed by atoms with Crippen molar-refractivity contribution < 1.29 is 19.2 Å². The Morgan fingerprint density at radius 2 is 1.82 bits per heavy atom. The average Bonchev–Trinajstić information content (AvgIpc) is 2.71. The number of likely N-dealkylation sites (tertiary alicyclic amines) is 1. The molecule has 6 nitrogen and oxygen atoms in total. The largest absolute Gasteiger partial charge is 0.356 e. The molecule has 124 valence electrons. The Bertz CT molecular complexity index is 457. The van der Waals surface area contributed by atoms with Gasteiger partial charge in [-0.15, -0.1) is 0 Å². The van der Waals surface area contributed by atoms with Crippen LogP contribution in [0.5, 0.6) is 0 Å². The molecule has 0 bridgehead atoms. The molecule has 22 heavy (non-hydrogen) atoms. The summed E-state index contributed by atoms with van der Waals surface area (Å²) >= 11 is 0. The van der Waals surface area contributed by atoms with Crippen molar-refractivity contribution in [2.45, 2.75) is 47.0 Å². The molecule has 1 atom stereocenters. The summed E-state index contributed by atoms with van der Waals surface area (Å²) in [4.78, 5) is 48.2. The molecule has 0 aliphatic carbocycles. The normalized spacial score (nSPS) is 18.5. The fourth-order valence-corrected chi connectivity index (χ4v) is 2.38. The van der Waals surface area contributed by atoms with Gasteiger partial charge >= 0.3 is 0 Å². The Morgan fingerprint density at radius 3 is 2.32 bits per heavy atom. The van der Waals surface area contributed by atoms with Crippen molar-refractivity contribution in [2.75, 3.05) is 13.1 Å². The van der Waals surface area contributed by atoms with Gasteiger partial charge in [-0.25, -0.2) is 0 Å². The summed E-state index contributed by atoms with van der Waals surface area (Å²) in [6.45, 7) is 7.88. The summed E-state index contributed by atoms with van der Waals surface area (Å²) in [7, 11) is 0. The van der Waals surface area contributed by atoms with Gasteiger partial charge in [-0.1, -0.05) is 27.7 Å². The number of Topliss-reactive ketones (excluding diaryl/α,β-unsaturated/α-hetero) is 1. The number of imide groups is 1. The van der Waals surface area contributed by atoms with Gasteiger partial charge in [0.25, 0.3) is 0 Å². The van der Waals surface area contributed by atoms with E-state index in [0.29, 0.717) is 13.0 Å². The van der Waals surface area contributed by atoms with Gasteiger partial charge < -0.3 is 5.32 Å². The smallest absolute Gasteiger partial charge is 0.233 e. The Balaban J connectivity index is 2.34. The molecule has 6 heteroatoms. The average molecular weight is 310 g/mol. The molecule has 0 aromatic rings. The molecule has 0 spiro atoms. The summed E-state index contributed by atoms with van der Waals surface area (Å²) in [5, 5.41) is 2.65. The third-order valence-electron chi connectivity index (χ3n) is 3.98. The van der Waals surface area contributed by atoms with Crippen molar-refractivity contribution in [3.05, 3.63) is 0 Å². The molecule has 0 aromatic carbocycles. The first-order chi connectivity index (χ1) is 10.2. The van der Waals surface area contributed by atoms with Crippen molar-refractivity contribution in [2.24, 2.45) is 17.8 Å². The lowest BCUT2D eigenvalue weighted by Gasteiger charge is -2.16. The van der Waals surface area contributed by atoms with Gasteiger partial charge in [0.1, 0.15) is 5.78 Å². The molecule has 1 rings (SSSR count). The van der Waals surface area contributed by atoms with Gasteiger partial charge in [0.15, 0.2) is 0 Å². The van der Waals surface area contributed by atoms with Crippen LogP contribution in [0.1, 0.15) is 47.0 Å². The highest BCUT2D eigenvalue weighted by molar-refractivity contribution is 6.03. The van der Waals surface area contributed by atoms with E-state index in [1.54, 1.807) is 0 Å². The maximum atomic E-state index is 12.1. The van der Waals surface area contributed by atoms with Crippen LogP contribution in [-0.2, 0) is 19.2 Å². The van der Waals surface area contributed by atoms with Crippen molar-refractivity contribution in [3.63, 3.8) is 0 Å².